The number of ether oxygens (including phenoxy) is 1. The number of aliphatic hydroxyl groups is 1. The first-order chi connectivity index (χ1) is 8.83. The van der Waals surface area contributed by atoms with Crippen molar-refractivity contribution in [1.29, 1.82) is 0 Å². The smallest absolute Gasteiger partial charge is 0.112 e. The molecule has 0 bridgehead atoms. The molecule has 0 saturated heterocycles. The summed E-state index contributed by atoms with van der Waals surface area (Å²) < 4.78 is 5.69. The van der Waals surface area contributed by atoms with Gasteiger partial charge in [-0.15, -0.1) is 0 Å². The Kier molecular flexibility index (Phi) is 4.51. The van der Waals surface area contributed by atoms with Crippen LogP contribution in [0.15, 0.2) is 60.7 Å². The van der Waals surface area contributed by atoms with Gasteiger partial charge in [0.25, 0.3) is 0 Å². The largest absolute Gasteiger partial charge is 0.385 e. The monoisotopic (exact) mass is 242 g/mol. The van der Waals surface area contributed by atoms with Gasteiger partial charge < -0.3 is 9.84 Å². The van der Waals surface area contributed by atoms with E-state index < -0.39 is 6.10 Å². The van der Waals surface area contributed by atoms with Crippen molar-refractivity contribution in [3.05, 3.63) is 71.8 Å². The van der Waals surface area contributed by atoms with Crippen LogP contribution in [-0.4, -0.2) is 11.7 Å². The second kappa shape index (κ2) is 6.34. The Hall–Kier alpha value is -1.64. The molecule has 94 valence electrons. The first-order valence-corrected chi connectivity index (χ1v) is 6.22. The Labute approximate surface area is 108 Å². The molecule has 2 atom stereocenters. The molecule has 0 spiro atoms. The molecule has 2 nitrogen and oxygen atoms in total. The van der Waals surface area contributed by atoms with Gasteiger partial charge in [-0.3, -0.25) is 0 Å². The quantitative estimate of drug-likeness (QED) is 0.869. The van der Waals surface area contributed by atoms with E-state index in [1.165, 1.54) is 0 Å². The van der Waals surface area contributed by atoms with E-state index >= 15 is 0 Å². The Morgan fingerprint density at radius 2 is 1.39 bits per heavy atom. The third kappa shape index (κ3) is 2.97. The highest BCUT2D eigenvalue weighted by Crippen LogP contribution is 2.31. The number of hydrogen-bond donors (Lipinski definition) is 1. The fourth-order valence-electron chi connectivity index (χ4n) is 2.02. The molecule has 0 aliphatic heterocycles. The molecule has 2 heteroatoms. The number of aliphatic hydroxyl groups excluding tert-OH is 1. The van der Waals surface area contributed by atoms with E-state index in [9.17, 15) is 5.11 Å². The Morgan fingerprint density at radius 3 is 1.89 bits per heavy atom. The maximum absolute atomic E-state index is 10.4. The molecule has 2 rings (SSSR count). The minimum Gasteiger partial charge on any atom is -0.385 e. The van der Waals surface area contributed by atoms with E-state index in [2.05, 4.69) is 0 Å². The van der Waals surface area contributed by atoms with Crippen molar-refractivity contribution in [2.24, 2.45) is 0 Å². The molecule has 0 unspecified atom stereocenters. The average Bonchev–Trinajstić information content (AvgIpc) is 2.46. The highest BCUT2D eigenvalue weighted by Gasteiger charge is 2.22. The van der Waals surface area contributed by atoms with Gasteiger partial charge in [-0.05, 0) is 18.1 Å². The van der Waals surface area contributed by atoms with Crippen LogP contribution in [0.25, 0.3) is 0 Å². The van der Waals surface area contributed by atoms with Crippen molar-refractivity contribution in [3.8, 4) is 0 Å². The van der Waals surface area contributed by atoms with Crippen LogP contribution in [0.1, 0.15) is 30.3 Å². The van der Waals surface area contributed by atoms with Gasteiger partial charge in [0.05, 0.1) is 0 Å². The van der Waals surface area contributed by atoms with Crippen molar-refractivity contribution in [3.63, 3.8) is 0 Å². The first kappa shape index (κ1) is 12.8. The van der Waals surface area contributed by atoms with Crippen LogP contribution in [0.5, 0.6) is 0 Å². The number of benzene rings is 2. The van der Waals surface area contributed by atoms with Crippen LogP contribution in [0, 0.1) is 0 Å². The molecule has 0 amide bonds. The van der Waals surface area contributed by atoms with Crippen molar-refractivity contribution < 1.29 is 9.84 Å². The summed E-state index contributed by atoms with van der Waals surface area (Å²) in [4.78, 5) is 0. The van der Waals surface area contributed by atoms with Gasteiger partial charge in [0.15, 0.2) is 0 Å². The lowest BCUT2D eigenvalue weighted by Crippen LogP contribution is -2.14. The van der Waals surface area contributed by atoms with Crippen molar-refractivity contribution >= 4 is 0 Å². The second-order valence-corrected chi connectivity index (χ2v) is 4.14. The molecule has 18 heavy (non-hydrogen) atoms. The maximum Gasteiger partial charge on any atom is 0.112 e. The molecule has 0 aliphatic carbocycles. The molecule has 0 aromatic heterocycles. The van der Waals surface area contributed by atoms with Crippen molar-refractivity contribution in [2.75, 3.05) is 6.61 Å². The van der Waals surface area contributed by atoms with E-state index in [0.29, 0.717) is 6.61 Å². The van der Waals surface area contributed by atoms with Crippen LogP contribution in [0.2, 0.25) is 0 Å². The minimum absolute atomic E-state index is 0.321. The van der Waals surface area contributed by atoms with E-state index in [-0.39, 0.29) is 6.10 Å². The average molecular weight is 242 g/mol. The van der Waals surface area contributed by atoms with E-state index in [4.69, 9.17) is 4.74 Å². The lowest BCUT2D eigenvalue weighted by Gasteiger charge is -2.23. The molecule has 1 N–H and O–H groups in total. The maximum atomic E-state index is 10.4. The fourth-order valence-corrected chi connectivity index (χ4v) is 2.02. The molecule has 0 radical (unpaired) electrons. The van der Waals surface area contributed by atoms with Crippen LogP contribution < -0.4 is 0 Å². The summed E-state index contributed by atoms with van der Waals surface area (Å²) in [5, 5.41) is 10.4. The summed E-state index contributed by atoms with van der Waals surface area (Å²) in [6.07, 6.45) is -0.966. The summed E-state index contributed by atoms with van der Waals surface area (Å²) in [5.41, 5.74) is 1.87. The molecule has 0 aliphatic rings. The first-order valence-electron chi connectivity index (χ1n) is 6.22. The summed E-state index contributed by atoms with van der Waals surface area (Å²) in [7, 11) is 0. The Balaban J connectivity index is 2.26. The summed E-state index contributed by atoms with van der Waals surface area (Å²) in [6.45, 7) is 2.51. The lowest BCUT2D eigenvalue weighted by atomic mass is 9.98. The van der Waals surface area contributed by atoms with Crippen LogP contribution in [-0.2, 0) is 4.74 Å². The number of hydrogen-bond acceptors (Lipinski definition) is 2. The van der Waals surface area contributed by atoms with Gasteiger partial charge in [-0.25, -0.2) is 0 Å². The molecule has 0 saturated carbocycles. The highest BCUT2D eigenvalue weighted by atomic mass is 16.5. The summed E-state index contributed by atoms with van der Waals surface area (Å²) >= 11 is 0. The second-order valence-electron chi connectivity index (χ2n) is 4.14. The third-order valence-electron chi connectivity index (χ3n) is 2.90. The molecular formula is C16H18O2. The zero-order valence-corrected chi connectivity index (χ0v) is 10.5. The standard InChI is InChI=1S/C16H18O2/c1-2-18-16(14-11-7-4-8-12-14)15(17)13-9-5-3-6-10-13/h3-12,15-17H,2H2,1H3/t15-,16-/m1/s1. The van der Waals surface area contributed by atoms with Gasteiger partial charge in [-0.1, -0.05) is 60.7 Å². The SMILES string of the molecule is CCO[C@H](c1ccccc1)[C@H](O)c1ccccc1. The van der Waals surface area contributed by atoms with E-state index in [1.807, 2.05) is 67.6 Å². The molecule has 0 fully saturated rings. The summed E-state index contributed by atoms with van der Waals surface area (Å²) in [6, 6.07) is 19.4. The zero-order valence-electron chi connectivity index (χ0n) is 10.5. The molecular weight excluding hydrogens is 224 g/mol. The van der Waals surface area contributed by atoms with Crippen molar-refractivity contribution in [1.82, 2.24) is 0 Å². The lowest BCUT2D eigenvalue weighted by molar-refractivity contribution is -0.0361. The van der Waals surface area contributed by atoms with Gasteiger partial charge in [0.1, 0.15) is 12.2 Å². The topological polar surface area (TPSA) is 29.5 Å². The van der Waals surface area contributed by atoms with Crippen LogP contribution in [0.3, 0.4) is 0 Å². The predicted molar refractivity (Wildman–Crippen MR) is 72.2 cm³/mol. The molecule has 2 aromatic rings. The summed E-state index contributed by atoms with van der Waals surface area (Å²) in [5.74, 6) is 0. The molecule has 2 aromatic carbocycles. The number of rotatable bonds is 5. The zero-order chi connectivity index (χ0) is 12.8. The van der Waals surface area contributed by atoms with Gasteiger partial charge in [0.2, 0.25) is 0 Å². The highest BCUT2D eigenvalue weighted by molar-refractivity contribution is 5.24. The van der Waals surface area contributed by atoms with E-state index in [1.54, 1.807) is 0 Å². The minimum atomic E-state index is -0.645. The van der Waals surface area contributed by atoms with Crippen LogP contribution >= 0.6 is 0 Å². The normalized spacial score (nSPS) is 14.1. The Bertz CT molecular complexity index is 453. The third-order valence-corrected chi connectivity index (χ3v) is 2.90. The van der Waals surface area contributed by atoms with Crippen molar-refractivity contribution in [2.45, 2.75) is 19.1 Å². The molecule has 0 heterocycles. The van der Waals surface area contributed by atoms with Crippen LogP contribution in [0.4, 0.5) is 0 Å². The van der Waals surface area contributed by atoms with Gasteiger partial charge >= 0.3 is 0 Å². The van der Waals surface area contributed by atoms with Gasteiger partial charge in [0, 0.05) is 6.61 Å². The van der Waals surface area contributed by atoms with E-state index in [0.717, 1.165) is 11.1 Å². The predicted octanol–water partition coefficient (Wildman–Crippen LogP) is 3.50. The van der Waals surface area contributed by atoms with Gasteiger partial charge in [-0.2, -0.15) is 0 Å². The fraction of sp³-hybridized carbons (Fsp3) is 0.250. The Morgan fingerprint density at radius 1 is 0.889 bits per heavy atom.